The normalized spacial score (nSPS) is 14.4. The molecule has 2 N–H and O–H groups in total. The molecule has 2 aromatic rings. The molecule has 2 aromatic carbocycles. The third-order valence-corrected chi connectivity index (χ3v) is 3.25. The van der Waals surface area contributed by atoms with E-state index in [1.165, 1.54) is 30.3 Å². The van der Waals surface area contributed by atoms with Gasteiger partial charge in [0.1, 0.15) is 11.5 Å². The molecule has 0 bridgehead atoms. The van der Waals surface area contributed by atoms with Gasteiger partial charge in [-0.25, -0.2) is 0 Å². The van der Waals surface area contributed by atoms with Gasteiger partial charge in [-0.05, 0) is 17.7 Å². The van der Waals surface area contributed by atoms with Crippen molar-refractivity contribution in [1.82, 2.24) is 0 Å². The van der Waals surface area contributed by atoms with Crippen LogP contribution in [0.3, 0.4) is 0 Å². The monoisotopic (exact) mass is 266 g/mol. The number of hydrogen-bond donors (Lipinski definition) is 2. The van der Waals surface area contributed by atoms with E-state index in [1.54, 1.807) is 18.2 Å². The molecular weight excluding hydrogens is 256 g/mol. The standard InChI is InChI=1S/C16H10O4/c17-10-7-5-9(6-8-10)13-14(18)11-3-1-2-4-12(11)15(19)16(13)20/h1-8,17-18H. The summed E-state index contributed by atoms with van der Waals surface area (Å²) < 4.78 is 0. The second kappa shape index (κ2) is 4.35. The molecule has 1 aliphatic rings. The number of allylic oxidation sites excluding steroid dienone is 1. The zero-order valence-corrected chi connectivity index (χ0v) is 10.3. The highest BCUT2D eigenvalue weighted by atomic mass is 16.3. The Morgan fingerprint density at radius 3 is 1.95 bits per heavy atom. The van der Waals surface area contributed by atoms with Gasteiger partial charge in [0, 0.05) is 11.1 Å². The Morgan fingerprint density at radius 1 is 0.700 bits per heavy atom. The van der Waals surface area contributed by atoms with Gasteiger partial charge in [-0.3, -0.25) is 9.59 Å². The van der Waals surface area contributed by atoms with Gasteiger partial charge in [0.2, 0.25) is 11.6 Å². The average Bonchev–Trinajstić information content (AvgIpc) is 2.47. The van der Waals surface area contributed by atoms with Gasteiger partial charge in [0.25, 0.3) is 0 Å². The minimum atomic E-state index is -0.744. The van der Waals surface area contributed by atoms with Crippen LogP contribution in [-0.2, 0) is 4.79 Å². The number of aliphatic hydroxyl groups is 1. The van der Waals surface area contributed by atoms with Crippen LogP contribution in [0, 0.1) is 0 Å². The van der Waals surface area contributed by atoms with Crippen molar-refractivity contribution in [3.8, 4) is 5.75 Å². The van der Waals surface area contributed by atoms with Crippen molar-refractivity contribution in [2.75, 3.05) is 0 Å². The number of fused-ring (bicyclic) bond motifs is 1. The van der Waals surface area contributed by atoms with Gasteiger partial charge >= 0.3 is 0 Å². The molecule has 0 aliphatic heterocycles. The van der Waals surface area contributed by atoms with Gasteiger partial charge in [-0.1, -0.05) is 36.4 Å². The first-order valence-corrected chi connectivity index (χ1v) is 6.00. The summed E-state index contributed by atoms with van der Waals surface area (Å²) in [6, 6.07) is 12.2. The summed E-state index contributed by atoms with van der Waals surface area (Å²) in [6.45, 7) is 0. The first-order chi connectivity index (χ1) is 9.59. The zero-order chi connectivity index (χ0) is 14.3. The molecule has 0 saturated carbocycles. The molecule has 4 nitrogen and oxygen atoms in total. The summed E-state index contributed by atoms with van der Waals surface area (Å²) in [6.07, 6.45) is 0. The molecule has 0 aromatic heterocycles. The second-order valence-electron chi connectivity index (χ2n) is 4.47. The van der Waals surface area contributed by atoms with Crippen molar-refractivity contribution < 1.29 is 19.8 Å². The first-order valence-electron chi connectivity index (χ1n) is 6.00. The molecule has 0 saturated heterocycles. The molecule has 0 atom stereocenters. The molecule has 0 fully saturated rings. The van der Waals surface area contributed by atoms with E-state index < -0.39 is 11.6 Å². The van der Waals surface area contributed by atoms with E-state index >= 15 is 0 Å². The van der Waals surface area contributed by atoms with Crippen molar-refractivity contribution in [3.63, 3.8) is 0 Å². The van der Waals surface area contributed by atoms with Crippen molar-refractivity contribution in [1.29, 1.82) is 0 Å². The zero-order valence-electron chi connectivity index (χ0n) is 10.3. The molecule has 0 spiro atoms. The largest absolute Gasteiger partial charge is 0.508 e. The van der Waals surface area contributed by atoms with Crippen LogP contribution in [0.1, 0.15) is 21.5 Å². The van der Waals surface area contributed by atoms with Gasteiger partial charge in [0.05, 0.1) is 5.57 Å². The number of Topliss-reactive ketones (excluding diaryl/α,β-unsaturated/α-hetero) is 2. The molecule has 4 heteroatoms. The summed E-state index contributed by atoms with van der Waals surface area (Å²) in [4.78, 5) is 24.2. The molecule has 0 radical (unpaired) electrons. The van der Waals surface area contributed by atoms with Crippen LogP contribution in [0.4, 0.5) is 0 Å². The first kappa shape index (κ1) is 12.2. The van der Waals surface area contributed by atoms with Crippen molar-refractivity contribution in [3.05, 3.63) is 65.2 Å². The topological polar surface area (TPSA) is 74.6 Å². The number of phenols is 1. The van der Waals surface area contributed by atoms with Crippen LogP contribution in [-0.4, -0.2) is 21.8 Å². The number of aliphatic hydroxyl groups excluding tert-OH is 1. The molecule has 0 heterocycles. The summed E-state index contributed by atoms with van der Waals surface area (Å²) in [5, 5.41) is 19.5. The molecular formula is C16H10O4. The Bertz CT molecular complexity index is 754. The summed E-state index contributed by atoms with van der Waals surface area (Å²) >= 11 is 0. The maximum absolute atomic E-state index is 12.2. The van der Waals surface area contributed by atoms with Crippen molar-refractivity contribution in [2.45, 2.75) is 0 Å². The third-order valence-electron chi connectivity index (χ3n) is 3.25. The van der Waals surface area contributed by atoms with E-state index in [0.717, 1.165) is 0 Å². The van der Waals surface area contributed by atoms with E-state index in [0.29, 0.717) is 11.1 Å². The van der Waals surface area contributed by atoms with E-state index in [4.69, 9.17) is 0 Å². The number of carbonyl (C=O) groups is 2. The molecule has 0 amide bonds. The third kappa shape index (κ3) is 1.70. The summed E-state index contributed by atoms with van der Waals surface area (Å²) in [5.74, 6) is -1.55. The van der Waals surface area contributed by atoms with Crippen LogP contribution < -0.4 is 0 Å². The Hall–Kier alpha value is -2.88. The van der Waals surface area contributed by atoms with Gasteiger partial charge in [0.15, 0.2) is 0 Å². The number of benzene rings is 2. The maximum atomic E-state index is 12.2. The highest BCUT2D eigenvalue weighted by molar-refractivity contribution is 6.62. The molecule has 98 valence electrons. The summed E-state index contributed by atoms with van der Waals surface area (Å²) in [5.41, 5.74) is 0.916. The quantitative estimate of drug-likeness (QED) is 0.778. The van der Waals surface area contributed by atoms with E-state index in [9.17, 15) is 19.8 Å². The van der Waals surface area contributed by atoms with Gasteiger partial charge in [-0.15, -0.1) is 0 Å². The van der Waals surface area contributed by atoms with Crippen molar-refractivity contribution >= 4 is 22.9 Å². The lowest BCUT2D eigenvalue weighted by Crippen LogP contribution is -2.23. The van der Waals surface area contributed by atoms with E-state index in [2.05, 4.69) is 0 Å². The number of phenolic OH excluding ortho intramolecular Hbond substituents is 1. The van der Waals surface area contributed by atoms with Crippen LogP contribution in [0.15, 0.2) is 48.5 Å². The smallest absolute Gasteiger partial charge is 0.237 e. The highest BCUT2D eigenvalue weighted by Gasteiger charge is 2.33. The lowest BCUT2D eigenvalue weighted by molar-refractivity contribution is -0.110. The number of carbonyl (C=O) groups excluding carboxylic acids is 2. The maximum Gasteiger partial charge on any atom is 0.237 e. The fraction of sp³-hybridized carbons (Fsp3) is 0. The number of aromatic hydroxyl groups is 1. The Kier molecular flexibility index (Phi) is 2.64. The van der Waals surface area contributed by atoms with E-state index in [1.807, 2.05) is 0 Å². The van der Waals surface area contributed by atoms with Crippen LogP contribution in [0.5, 0.6) is 5.75 Å². The van der Waals surface area contributed by atoms with Crippen LogP contribution >= 0.6 is 0 Å². The van der Waals surface area contributed by atoms with Crippen LogP contribution in [0.2, 0.25) is 0 Å². The Morgan fingerprint density at radius 2 is 1.30 bits per heavy atom. The van der Waals surface area contributed by atoms with Gasteiger partial charge < -0.3 is 10.2 Å². The highest BCUT2D eigenvalue weighted by Crippen LogP contribution is 2.33. The fourth-order valence-corrected chi connectivity index (χ4v) is 2.26. The van der Waals surface area contributed by atoms with Crippen molar-refractivity contribution in [2.24, 2.45) is 0 Å². The lowest BCUT2D eigenvalue weighted by atomic mass is 9.85. The Balaban J connectivity index is 2.26. The van der Waals surface area contributed by atoms with Gasteiger partial charge in [-0.2, -0.15) is 0 Å². The minimum absolute atomic E-state index is 0.0336. The number of hydrogen-bond acceptors (Lipinski definition) is 4. The number of ketones is 2. The molecule has 3 rings (SSSR count). The summed E-state index contributed by atoms with van der Waals surface area (Å²) in [7, 11) is 0. The van der Waals surface area contributed by atoms with E-state index in [-0.39, 0.29) is 22.6 Å². The molecule has 1 aliphatic carbocycles. The predicted octanol–water partition coefficient (Wildman–Crippen LogP) is 2.58. The minimum Gasteiger partial charge on any atom is -0.508 e. The molecule has 20 heavy (non-hydrogen) atoms. The Labute approximate surface area is 114 Å². The SMILES string of the molecule is O=C1C(=O)c2ccccc2C(O)=C1c1ccc(O)cc1. The second-order valence-corrected chi connectivity index (χ2v) is 4.47. The lowest BCUT2D eigenvalue weighted by Gasteiger charge is -2.17. The predicted molar refractivity (Wildman–Crippen MR) is 73.3 cm³/mol. The number of rotatable bonds is 1. The van der Waals surface area contributed by atoms with Crippen LogP contribution in [0.25, 0.3) is 11.3 Å². The fourth-order valence-electron chi connectivity index (χ4n) is 2.26. The average molecular weight is 266 g/mol. The molecule has 0 unspecified atom stereocenters.